The molecule has 2 heterocycles. The number of anilines is 1. The first-order chi connectivity index (χ1) is 19.6. The lowest BCUT2D eigenvalue weighted by Crippen LogP contribution is -2.49. The van der Waals surface area contributed by atoms with E-state index in [1.807, 2.05) is 13.8 Å². The van der Waals surface area contributed by atoms with Crippen LogP contribution in [-0.2, 0) is 9.47 Å². The molecular formula is C31H30ClNO8. The maximum Gasteiger partial charge on any atom is 0.364 e. The van der Waals surface area contributed by atoms with E-state index in [-0.39, 0.29) is 28.3 Å². The molecule has 0 saturated carbocycles. The highest BCUT2D eigenvalue weighted by molar-refractivity contribution is 6.30. The van der Waals surface area contributed by atoms with Crippen molar-refractivity contribution in [2.45, 2.75) is 51.6 Å². The fourth-order valence-electron chi connectivity index (χ4n) is 4.86. The van der Waals surface area contributed by atoms with Crippen LogP contribution in [0.25, 0.3) is 11.0 Å². The van der Waals surface area contributed by atoms with E-state index in [9.17, 15) is 14.7 Å². The molecule has 10 heteroatoms. The molecule has 1 aromatic heterocycles. The first kappa shape index (κ1) is 28.5. The summed E-state index contributed by atoms with van der Waals surface area (Å²) in [7, 11) is 1.66. The number of fused-ring (bicyclic) bond motifs is 1. The van der Waals surface area contributed by atoms with Crippen LogP contribution in [0.15, 0.2) is 69.9 Å². The van der Waals surface area contributed by atoms with Crippen LogP contribution in [0.5, 0.6) is 23.0 Å². The minimum absolute atomic E-state index is 0.0536. The number of halogens is 1. The van der Waals surface area contributed by atoms with Gasteiger partial charge in [-0.2, -0.15) is 0 Å². The third-order valence-corrected chi connectivity index (χ3v) is 7.30. The van der Waals surface area contributed by atoms with E-state index in [2.05, 4.69) is 5.32 Å². The van der Waals surface area contributed by atoms with Crippen LogP contribution in [0.4, 0.5) is 5.69 Å². The molecule has 2 N–H and O–H groups in total. The van der Waals surface area contributed by atoms with Crippen LogP contribution in [0.2, 0.25) is 5.02 Å². The molecule has 0 bridgehead atoms. The molecule has 214 valence electrons. The largest absolute Gasteiger partial charge is 0.505 e. The minimum atomic E-state index is -0.907. The van der Waals surface area contributed by atoms with Gasteiger partial charge in [0.15, 0.2) is 11.4 Å². The van der Waals surface area contributed by atoms with Crippen molar-refractivity contribution < 1.29 is 33.3 Å². The number of benzene rings is 3. The molecule has 2 unspecified atom stereocenters. The average molecular weight is 580 g/mol. The van der Waals surface area contributed by atoms with E-state index in [4.69, 9.17) is 35.0 Å². The number of ether oxygens (including phenoxy) is 4. The predicted octanol–water partition coefficient (Wildman–Crippen LogP) is 6.81. The molecular weight excluding hydrogens is 550 g/mol. The molecule has 0 aliphatic carbocycles. The second-order valence-corrected chi connectivity index (χ2v) is 10.7. The van der Waals surface area contributed by atoms with Crippen LogP contribution in [-0.4, -0.2) is 36.1 Å². The van der Waals surface area contributed by atoms with Crippen molar-refractivity contribution in [2.24, 2.45) is 0 Å². The minimum Gasteiger partial charge on any atom is -0.505 e. The maximum atomic E-state index is 13.0. The summed E-state index contributed by atoms with van der Waals surface area (Å²) in [5.74, 6) is 0.353. The Balaban J connectivity index is 1.36. The second kappa shape index (κ2) is 11.4. The molecule has 1 saturated heterocycles. The first-order valence-corrected chi connectivity index (χ1v) is 13.4. The van der Waals surface area contributed by atoms with E-state index < -0.39 is 29.2 Å². The van der Waals surface area contributed by atoms with Gasteiger partial charge in [0.2, 0.25) is 6.29 Å². The molecule has 2 atom stereocenters. The summed E-state index contributed by atoms with van der Waals surface area (Å²) in [4.78, 5) is 25.9. The zero-order chi connectivity index (χ0) is 29.3. The summed E-state index contributed by atoms with van der Waals surface area (Å²) in [5, 5.41) is 14.3. The molecule has 0 spiro atoms. The molecule has 3 aromatic carbocycles. The summed E-state index contributed by atoms with van der Waals surface area (Å²) in [6.07, 6.45) is 0.800. The number of carbonyl (C=O) groups excluding carboxylic acids is 1. The zero-order valence-electron chi connectivity index (χ0n) is 23.0. The molecule has 1 amide bonds. The predicted molar refractivity (Wildman–Crippen MR) is 154 cm³/mol. The van der Waals surface area contributed by atoms with Crippen LogP contribution in [0.3, 0.4) is 0 Å². The van der Waals surface area contributed by atoms with Gasteiger partial charge in [0, 0.05) is 29.7 Å². The highest BCUT2D eigenvalue weighted by Gasteiger charge is 2.39. The summed E-state index contributed by atoms with van der Waals surface area (Å²) in [5.41, 5.74) is -0.956. The second-order valence-electron chi connectivity index (χ2n) is 10.3. The van der Waals surface area contributed by atoms with E-state index in [0.717, 1.165) is 6.42 Å². The van der Waals surface area contributed by atoms with E-state index in [1.54, 1.807) is 68.6 Å². The van der Waals surface area contributed by atoms with Crippen LogP contribution >= 0.6 is 11.6 Å². The van der Waals surface area contributed by atoms with E-state index >= 15 is 0 Å². The summed E-state index contributed by atoms with van der Waals surface area (Å²) in [6, 6.07) is 16.4. The summed E-state index contributed by atoms with van der Waals surface area (Å²) in [6.45, 7) is 5.61. The van der Waals surface area contributed by atoms with Crippen LogP contribution in [0.1, 0.15) is 42.6 Å². The van der Waals surface area contributed by atoms with Gasteiger partial charge in [-0.3, -0.25) is 4.79 Å². The first-order valence-electron chi connectivity index (χ1n) is 13.1. The van der Waals surface area contributed by atoms with Crippen molar-refractivity contribution in [1.29, 1.82) is 0 Å². The Hall–Kier alpha value is -4.05. The number of amides is 1. The Bertz CT molecular complexity index is 1650. The summed E-state index contributed by atoms with van der Waals surface area (Å²) >= 11 is 5.92. The lowest BCUT2D eigenvalue weighted by atomic mass is 9.94. The smallest absolute Gasteiger partial charge is 0.364 e. The molecule has 1 aliphatic heterocycles. The number of aromatic hydroxyl groups is 1. The number of methoxy groups -OCH3 is 1. The van der Waals surface area contributed by atoms with Crippen molar-refractivity contribution in [3.8, 4) is 23.0 Å². The molecule has 1 fully saturated rings. The highest BCUT2D eigenvalue weighted by atomic mass is 35.5. The van der Waals surface area contributed by atoms with Gasteiger partial charge in [-0.25, -0.2) is 4.79 Å². The fraction of sp³-hybridized carbons (Fsp3) is 0.290. The molecule has 0 radical (unpaired) electrons. The average Bonchev–Trinajstić information content (AvgIpc) is 2.94. The van der Waals surface area contributed by atoms with E-state index in [0.29, 0.717) is 34.3 Å². The Morgan fingerprint density at radius 2 is 1.83 bits per heavy atom. The third-order valence-electron chi connectivity index (χ3n) is 7.05. The van der Waals surface area contributed by atoms with Crippen molar-refractivity contribution in [1.82, 2.24) is 0 Å². The SMILES string of the molecule is COC1CCC(Oc2ccc3c(O)c(NC(=O)c4cccc(Oc5ccc(Cl)cc5)c4)c(=O)oc3c2C)OC1(C)C. The lowest BCUT2D eigenvalue weighted by Gasteiger charge is -2.41. The normalized spacial score (nSPS) is 18.2. The van der Waals surface area contributed by atoms with Gasteiger partial charge in [0.1, 0.15) is 22.8 Å². The molecule has 1 aliphatic rings. The van der Waals surface area contributed by atoms with Gasteiger partial charge in [0.05, 0.1) is 17.1 Å². The Morgan fingerprint density at radius 1 is 1.07 bits per heavy atom. The number of hydrogen-bond acceptors (Lipinski definition) is 8. The topological polar surface area (TPSA) is 116 Å². The van der Waals surface area contributed by atoms with E-state index in [1.165, 1.54) is 6.07 Å². The fourth-order valence-corrected chi connectivity index (χ4v) is 4.99. The van der Waals surface area contributed by atoms with Gasteiger partial charge in [0.25, 0.3) is 5.91 Å². The lowest BCUT2D eigenvalue weighted by molar-refractivity contribution is -0.233. The number of rotatable bonds is 7. The summed E-state index contributed by atoms with van der Waals surface area (Å²) < 4.78 is 29.1. The monoisotopic (exact) mass is 579 g/mol. The van der Waals surface area contributed by atoms with Gasteiger partial charge in [-0.1, -0.05) is 17.7 Å². The van der Waals surface area contributed by atoms with Crippen molar-refractivity contribution in [3.05, 3.63) is 87.2 Å². The zero-order valence-corrected chi connectivity index (χ0v) is 23.8. The number of aryl methyl sites for hydroxylation is 1. The van der Waals surface area contributed by atoms with Gasteiger partial charge in [-0.05, 0) is 81.8 Å². The van der Waals surface area contributed by atoms with Gasteiger partial charge < -0.3 is 33.8 Å². The standard InChI is InChI=1S/C31H30ClNO8/c1-17-23(39-25-15-14-24(37-4)31(2,3)41-25)13-12-22-27(34)26(30(36)40-28(17)22)33-29(35)18-6-5-7-21(16-18)38-20-10-8-19(32)9-11-20/h5-13,16,24-25,34H,14-15H2,1-4H3,(H,33,35). The molecule has 41 heavy (non-hydrogen) atoms. The third kappa shape index (κ3) is 6.02. The number of carbonyl (C=O) groups is 1. The Labute approximate surface area is 241 Å². The van der Waals surface area contributed by atoms with Crippen LogP contribution < -0.4 is 20.4 Å². The van der Waals surface area contributed by atoms with Crippen molar-refractivity contribution in [2.75, 3.05) is 12.4 Å². The molecule has 4 aromatic rings. The Kier molecular flexibility index (Phi) is 7.95. The Morgan fingerprint density at radius 3 is 2.54 bits per heavy atom. The van der Waals surface area contributed by atoms with Crippen molar-refractivity contribution in [3.63, 3.8) is 0 Å². The highest BCUT2D eigenvalue weighted by Crippen LogP contribution is 2.38. The van der Waals surface area contributed by atoms with Crippen LogP contribution in [0, 0.1) is 6.92 Å². The maximum absolute atomic E-state index is 13.0. The van der Waals surface area contributed by atoms with Gasteiger partial charge in [-0.15, -0.1) is 0 Å². The van der Waals surface area contributed by atoms with Crippen molar-refractivity contribution >= 4 is 34.2 Å². The number of hydrogen-bond donors (Lipinski definition) is 2. The number of nitrogens with one attached hydrogen (secondary N) is 1. The van der Waals surface area contributed by atoms with Gasteiger partial charge >= 0.3 is 5.63 Å². The molecule has 5 rings (SSSR count). The quantitative estimate of drug-likeness (QED) is 0.229. The molecule has 9 nitrogen and oxygen atoms in total.